The molecule has 1 unspecified atom stereocenters. The number of nitrogens with zero attached hydrogens (tertiary/aromatic N) is 1. The predicted octanol–water partition coefficient (Wildman–Crippen LogP) is 3.51. The molecule has 2 aromatic rings. The predicted molar refractivity (Wildman–Crippen MR) is 115 cm³/mol. The molecular formula is C20H19Cl2FN2O5S. The maximum atomic E-state index is 14.3. The van der Waals surface area contributed by atoms with Crippen molar-refractivity contribution in [2.45, 2.75) is 18.9 Å². The molecule has 3 rings (SSSR count). The summed E-state index contributed by atoms with van der Waals surface area (Å²) in [6, 6.07) is 8.25. The number of amides is 2. The van der Waals surface area contributed by atoms with E-state index in [0.717, 1.165) is 24.8 Å². The van der Waals surface area contributed by atoms with E-state index in [9.17, 15) is 22.4 Å². The SMILES string of the molecule is CS(=O)(=O)NC(=O)c1cc(Cl)c(OCC2CCCN2C(=O)c2ccc(Cl)cc2)cc1F. The van der Waals surface area contributed by atoms with E-state index in [1.165, 1.54) is 0 Å². The molecule has 0 aliphatic carbocycles. The number of carbonyl (C=O) groups excluding carboxylic acids is 2. The van der Waals surface area contributed by atoms with Crippen LogP contribution >= 0.6 is 23.2 Å². The molecule has 1 fully saturated rings. The Hall–Kier alpha value is -2.36. The topological polar surface area (TPSA) is 92.8 Å². The fourth-order valence-electron chi connectivity index (χ4n) is 3.26. The Bertz CT molecular complexity index is 1110. The lowest BCUT2D eigenvalue weighted by Crippen LogP contribution is -2.39. The summed E-state index contributed by atoms with van der Waals surface area (Å²) >= 11 is 12.0. The normalized spacial score (nSPS) is 16.3. The van der Waals surface area contributed by atoms with Crippen molar-refractivity contribution in [1.29, 1.82) is 0 Å². The van der Waals surface area contributed by atoms with Gasteiger partial charge in [0.05, 0.1) is 22.9 Å². The number of carbonyl (C=O) groups is 2. The molecule has 31 heavy (non-hydrogen) atoms. The molecule has 2 aromatic carbocycles. The summed E-state index contributed by atoms with van der Waals surface area (Å²) in [5.74, 6) is -2.29. The first-order chi connectivity index (χ1) is 14.5. The number of benzene rings is 2. The van der Waals surface area contributed by atoms with Crippen LogP contribution < -0.4 is 9.46 Å². The zero-order chi connectivity index (χ0) is 22.8. The van der Waals surface area contributed by atoms with E-state index in [0.29, 0.717) is 23.6 Å². The van der Waals surface area contributed by atoms with Crippen molar-refractivity contribution in [1.82, 2.24) is 9.62 Å². The summed E-state index contributed by atoms with van der Waals surface area (Å²) in [6.45, 7) is 0.634. The minimum Gasteiger partial charge on any atom is -0.490 e. The summed E-state index contributed by atoms with van der Waals surface area (Å²) in [7, 11) is -3.86. The molecule has 166 valence electrons. The zero-order valence-corrected chi connectivity index (χ0v) is 18.7. The first-order valence-electron chi connectivity index (χ1n) is 9.25. The smallest absolute Gasteiger partial charge is 0.267 e. The van der Waals surface area contributed by atoms with E-state index < -0.39 is 27.3 Å². The van der Waals surface area contributed by atoms with Gasteiger partial charge < -0.3 is 9.64 Å². The second-order valence-corrected chi connectivity index (χ2v) is 9.67. The number of likely N-dealkylation sites (tertiary alicyclic amines) is 1. The summed E-state index contributed by atoms with van der Waals surface area (Å²) < 4.78 is 44.0. The van der Waals surface area contributed by atoms with Crippen LogP contribution in [0.4, 0.5) is 4.39 Å². The van der Waals surface area contributed by atoms with Gasteiger partial charge in [0, 0.05) is 23.2 Å². The van der Waals surface area contributed by atoms with Gasteiger partial charge in [0.1, 0.15) is 18.2 Å². The van der Waals surface area contributed by atoms with Gasteiger partial charge in [0.2, 0.25) is 10.0 Å². The molecule has 0 saturated carbocycles. The van der Waals surface area contributed by atoms with Gasteiger partial charge in [-0.25, -0.2) is 17.5 Å². The molecule has 0 aromatic heterocycles. The van der Waals surface area contributed by atoms with Gasteiger partial charge in [-0.05, 0) is 43.2 Å². The Morgan fingerprint density at radius 3 is 2.55 bits per heavy atom. The van der Waals surface area contributed by atoms with Crippen LogP contribution in [-0.4, -0.2) is 50.6 Å². The number of sulfonamides is 1. The minimum atomic E-state index is -3.86. The highest BCUT2D eigenvalue weighted by Crippen LogP contribution is 2.29. The minimum absolute atomic E-state index is 0.0131. The largest absolute Gasteiger partial charge is 0.490 e. The highest BCUT2D eigenvalue weighted by molar-refractivity contribution is 7.89. The third-order valence-corrected chi connectivity index (χ3v) is 5.81. The number of rotatable bonds is 6. The second-order valence-electron chi connectivity index (χ2n) is 7.08. The Morgan fingerprint density at radius 2 is 1.90 bits per heavy atom. The van der Waals surface area contributed by atoms with E-state index in [2.05, 4.69) is 0 Å². The van der Waals surface area contributed by atoms with E-state index >= 15 is 0 Å². The van der Waals surface area contributed by atoms with Gasteiger partial charge in [-0.15, -0.1) is 0 Å². The van der Waals surface area contributed by atoms with Crippen LogP contribution in [0.5, 0.6) is 5.75 Å². The molecule has 2 amide bonds. The van der Waals surface area contributed by atoms with Gasteiger partial charge >= 0.3 is 0 Å². The molecule has 0 bridgehead atoms. The van der Waals surface area contributed by atoms with Crippen LogP contribution in [0.15, 0.2) is 36.4 Å². The number of hydrogen-bond acceptors (Lipinski definition) is 5. The van der Waals surface area contributed by atoms with Crippen molar-refractivity contribution >= 4 is 45.0 Å². The van der Waals surface area contributed by atoms with E-state index in [1.54, 1.807) is 33.9 Å². The molecule has 11 heteroatoms. The second kappa shape index (κ2) is 9.42. The van der Waals surface area contributed by atoms with Crippen LogP contribution in [0.25, 0.3) is 0 Å². The van der Waals surface area contributed by atoms with Crippen LogP contribution in [-0.2, 0) is 10.0 Å². The molecule has 1 saturated heterocycles. The zero-order valence-electron chi connectivity index (χ0n) is 16.4. The third kappa shape index (κ3) is 5.87. The lowest BCUT2D eigenvalue weighted by molar-refractivity contribution is 0.0691. The number of ether oxygens (including phenoxy) is 1. The summed E-state index contributed by atoms with van der Waals surface area (Å²) in [6.07, 6.45) is 2.27. The molecule has 1 N–H and O–H groups in total. The Balaban J connectivity index is 1.70. The lowest BCUT2D eigenvalue weighted by Gasteiger charge is -2.25. The summed E-state index contributed by atoms with van der Waals surface area (Å²) in [5.41, 5.74) is -0.0233. The Morgan fingerprint density at radius 1 is 1.23 bits per heavy atom. The van der Waals surface area contributed by atoms with Gasteiger partial charge in [-0.2, -0.15) is 0 Å². The first kappa shape index (κ1) is 23.3. The van der Waals surface area contributed by atoms with E-state index in [1.807, 2.05) is 0 Å². The van der Waals surface area contributed by atoms with Crippen LogP contribution in [0.3, 0.4) is 0 Å². The highest BCUT2D eigenvalue weighted by atomic mass is 35.5. The maximum absolute atomic E-state index is 14.3. The van der Waals surface area contributed by atoms with Gasteiger partial charge in [0.25, 0.3) is 11.8 Å². The maximum Gasteiger partial charge on any atom is 0.267 e. The van der Waals surface area contributed by atoms with Crippen molar-refractivity contribution in [2.75, 3.05) is 19.4 Å². The number of halogens is 3. The van der Waals surface area contributed by atoms with Gasteiger partial charge in [-0.3, -0.25) is 9.59 Å². The average molecular weight is 489 g/mol. The fraction of sp³-hybridized carbons (Fsp3) is 0.300. The van der Waals surface area contributed by atoms with Crippen molar-refractivity contribution in [2.24, 2.45) is 0 Å². The quantitative estimate of drug-likeness (QED) is 0.671. The van der Waals surface area contributed by atoms with Crippen molar-refractivity contribution in [3.8, 4) is 5.75 Å². The Kier molecular flexibility index (Phi) is 7.08. The molecule has 1 aliphatic heterocycles. The van der Waals surface area contributed by atoms with E-state index in [-0.39, 0.29) is 29.3 Å². The fourth-order valence-corrected chi connectivity index (χ4v) is 4.05. The van der Waals surface area contributed by atoms with Crippen LogP contribution in [0.2, 0.25) is 10.0 Å². The van der Waals surface area contributed by atoms with E-state index in [4.69, 9.17) is 27.9 Å². The summed E-state index contributed by atoms with van der Waals surface area (Å²) in [4.78, 5) is 26.4. The molecule has 1 heterocycles. The van der Waals surface area contributed by atoms with Gasteiger partial charge in [0.15, 0.2) is 0 Å². The number of hydrogen-bond donors (Lipinski definition) is 1. The molecule has 1 aliphatic rings. The third-order valence-electron chi connectivity index (χ3n) is 4.70. The molecule has 7 nitrogen and oxygen atoms in total. The highest BCUT2D eigenvalue weighted by Gasteiger charge is 2.30. The van der Waals surface area contributed by atoms with Crippen molar-refractivity contribution in [3.63, 3.8) is 0 Å². The summed E-state index contributed by atoms with van der Waals surface area (Å²) in [5, 5.41) is 0.469. The molecular weight excluding hydrogens is 470 g/mol. The standard InChI is InChI=1S/C20H19Cl2FN2O5S/c1-31(28,29)24-19(26)15-9-16(22)18(10-17(15)23)30-11-14-3-2-8-25(14)20(27)12-4-6-13(21)7-5-12/h4-7,9-10,14H,2-3,8,11H2,1H3,(H,24,26). The molecule has 1 atom stereocenters. The van der Waals surface area contributed by atoms with Crippen molar-refractivity contribution in [3.05, 3.63) is 63.4 Å². The monoisotopic (exact) mass is 488 g/mol. The first-order valence-corrected chi connectivity index (χ1v) is 11.9. The van der Waals surface area contributed by atoms with Crippen LogP contribution in [0.1, 0.15) is 33.6 Å². The van der Waals surface area contributed by atoms with Gasteiger partial charge in [-0.1, -0.05) is 23.2 Å². The molecule has 0 spiro atoms. The average Bonchev–Trinajstić information content (AvgIpc) is 3.15. The molecule has 0 radical (unpaired) electrons. The van der Waals surface area contributed by atoms with Crippen molar-refractivity contribution < 1.29 is 27.1 Å². The Labute approximate surface area is 189 Å². The lowest BCUT2D eigenvalue weighted by atomic mass is 10.1. The van der Waals surface area contributed by atoms with Crippen LogP contribution in [0, 0.1) is 5.82 Å². The number of nitrogens with one attached hydrogen (secondary N) is 1.